The zero-order valence-corrected chi connectivity index (χ0v) is 15.7. The van der Waals surface area contributed by atoms with Crippen molar-refractivity contribution >= 4 is 17.7 Å². The first kappa shape index (κ1) is 19.4. The first-order chi connectivity index (χ1) is 12.1. The lowest BCUT2D eigenvalue weighted by Gasteiger charge is -2.11. The highest BCUT2D eigenvalue weighted by atomic mass is 32.2. The van der Waals surface area contributed by atoms with Crippen LogP contribution in [0.2, 0.25) is 0 Å². The molecule has 0 bridgehead atoms. The van der Waals surface area contributed by atoms with Crippen molar-refractivity contribution in [3.63, 3.8) is 0 Å². The van der Waals surface area contributed by atoms with Gasteiger partial charge in [-0.25, -0.2) is 4.79 Å². The summed E-state index contributed by atoms with van der Waals surface area (Å²) < 4.78 is 5.36. The molecule has 0 spiro atoms. The van der Waals surface area contributed by atoms with Gasteiger partial charge < -0.3 is 9.84 Å². The third kappa shape index (κ3) is 6.46. The second-order valence-corrected chi connectivity index (χ2v) is 7.22. The van der Waals surface area contributed by atoms with E-state index in [2.05, 4.69) is 31.2 Å². The molecule has 0 unspecified atom stereocenters. The average Bonchev–Trinajstić information content (AvgIpc) is 2.63. The summed E-state index contributed by atoms with van der Waals surface area (Å²) in [6.07, 6.45) is 4.34. The maximum absolute atomic E-state index is 10.8. The number of hydrogen-bond acceptors (Lipinski definition) is 3. The Labute approximate surface area is 154 Å². The van der Waals surface area contributed by atoms with Gasteiger partial charge in [-0.3, -0.25) is 0 Å². The summed E-state index contributed by atoms with van der Waals surface area (Å²) in [5.74, 6) is 0.775. The van der Waals surface area contributed by atoms with Crippen molar-refractivity contribution in [2.24, 2.45) is 0 Å². The molecule has 1 N–H and O–H groups in total. The van der Waals surface area contributed by atoms with Crippen molar-refractivity contribution in [1.29, 1.82) is 0 Å². The van der Waals surface area contributed by atoms with E-state index in [9.17, 15) is 4.79 Å². The molecule has 134 valence electrons. The van der Waals surface area contributed by atoms with Gasteiger partial charge in [0.05, 0.1) is 0 Å². The zero-order chi connectivity index (χ0) is 18.1. The van der Waals surface area contributed by atoms with Gasteiger partial charge in [-0.05, 0) is 54.5 Å². The maximum atomic E-state index is 10.8. The Morgan fingerprint density at radius 2 is 1.60 bits per heavy atom. The van der Waals surface area contributed by atoms with Crippen molar-refractivity contribution in [2.75, 3.05) is 5.75 Å². The lowest BCUT2D eigenvalue weighted by molar-refractivity contribution is -0.144. The van der Waals surface area contributed by atoms with Crippen molar-refractivity contribution in [3.8, 4) is 16.9 Å². The molecule has 0 fully saturated rings. The lowest BCUT2D eigenvalue weighted by atomic mass is 10.1. The number of benzene rings is 2. The minimum Gasteiger partial charge on any atom is -0.479 e. The molecule has 4 heteroatoms. The predicted octanol–water partition coefficient (Wildman–Crippen LogP) is 5.88. The van der Waals surface area contributed by atoms with Gasteiger partial charge in [0, 0.05) is 4.90 Å². The van der Waals surface area contributed by atoms with Crippen LogP contribution in [0.4, 0.5) is 0 Å². The standard InChI is InChI=1S/C21H26O3S/c1-3-4-5-6-15-25-20-13-9-18(10-14-20)17-7-11-19(12-8-17)24-16(2)21(22)23/h7-14,16H,3-6,15H2,1-2H3,(H,22,23)/t16-/m1/s1. The Morgan fingerprint density at radius 3 is 2.16 bits per heavy atom. The van der Waals surface area contributed by atoms with E-state index in [0.717, 1.165) is 11.1 Å². The van der Waals surface area contributed by atoms with Crippen LogP contribution in [0.1, 0.15) is 39.5 Å². The van der Waals surface area contributed by atoms with Gasteiger partial charge in [0.2, 0.25) is 0 Å². The van der Waals surface area contributed by atoms with Gasteiger partial charge in [-0.15, -0.1) is 11.8 Å². The van der Waals surface area contributed by atoms with Crippen LogP contribution >= 0.6 is 11.8 Å². The highest BCUT2D eigenvalue weighted by Crippen LogP contribution is 2.26. The first-order valence-electron chi connectivity index (χ1n) is 8.83. The van der Waals surface area contributed by atoms with Crippen molar-refractivity contribution in [1.82, 2.24) is 0 Å². The Kier molecular flexibility index (Phi) is 7.86. The summed E-state index contributed by atoms with van der Waals surface area (Å²) in [6, 6.07) is 16.1. The molecule has 3 nitrogen and oxygen atoms in total. The van der Waals surface area contributed by atoms with E-state index in [-0.39, 0.29) is 0 Å². The van der Waals surface area contributed by atoms with Gasteiger partial charge in [-0.1, -0.05) is 50.5 Å². The van der Waals surface area contributed by atoms with Crippen LogP contribution in [0.15, 0.2) is 53.4 Å². The molecular weight excluding hydrogens is 332 g/mol. The highest BCUT2D eigenvalue weighted by molar-refractivity contribution is 7.99. The van der Waals surface area contributed by atoms with Crippen LogP contribution in [0, 0.1) is 0 Å². The summed E-state index contributed by atoms with van der Waals surface area (Å²) in [7, 11) is 0. The molecule has 0 aliphatic carbocycles. The van der Waals surface area contributed by atoms with E-state index in [1.165, 1.54) is 43.3 Å². The first-order valence-corrected chi connectivity index (χ1v) is 9.81. The molecule has 0 heterocycles. The molecule has 2 rings (SSSR count). The number of aliphatic carboxylic acids is 1. The topological polar surface area (TPSA) is 46.5 Å². The quantitative estimate of drug-likeness (QED) is 0.426. The molecular formula is C21H26O3S. The van der Waals surface area contributed by atoms with Crippen molar-refractivity contribution in [2.45, 2.75) is 50.5 Å². The summed E-state index contributed by atoms with van der Waals surface area (Å²) in [6.45, 7) is 3.76. The van der Waals surface area contributed by atoms with Crippen LogP contribution < -0.4 is 4.74 Å². The van der Waals surface area contributed by atoms with Gasteiger partial charge in [0.25, 0.3) is 0 Å². The zero-order valence-electron chi connectivity index (χ0n) is 14.9. The SMILES string of the molecule is CCCCCCSc1ccc(-c2ccc(O[C@H](C)C(=O)O)cc2)cc1. The van der Waals surface area contributed by atoms with Gasteiger partial charge >= 0.3 is 5.97 Å². The largest absolute Gasteiger partial charge is 0.479 e. The number of carboxylic acids is 1. The third-order valence-electron chi connectivity index (χ3n) is 3.97. The molecule has 25 heavy (non-hydrogen) atoms. The van der Waals surface area contributed by atoms with E-state index in [0.29, 0.717) is 5.75 Å². The number of rotatable bonds is 10. The minimum absolute atomic E-state index is 0.568. The molecule has 0 saturated heterocycles. The van der Waals surface area contributed by atoms with Crippen LogP contribution in [0.25, 0.3) is 11.1 Å². The van der Waals surface area contributed by atoms with Gasteiger partial charge in [-0.2, -0.15) is 0 Å². The Morgan fingerprint density at radius 1 is 1.00 bits per heavy atom. The van der Waals surface area contributed by atoms with Crippen molar-refractivity contribution < 1.29 is 14.6 Å². The van der Waals surface area contributed by atoms with E-state index in [1.54, 1.807) is 0 Å². The second kappa shape index (κ2) is 10.1. The monoisotopic (exact) mass is 358 g/mol. The second-order valence-electron chi connectivity index (χ2n) is 6.06. The highest BCUT2D eigenvalue weighted by Gasteiger charge is 2.12. The summed E-state index contributed by atoms with van der Waals surface area (Å²) in [4.78, 5) is 12.1. The average molecular weight is 359 g/mol. The van der Waals surface area contributed by atoms with Crippen LogP contribution in [-0.2, 0) is 4.79 Å². The molecule has 0 amide bonds. The molecule has 2 aromatic rings. The molecule has 0 aliphatic rings. The summed E-state index contributed by atoms with van der Waals surface area (Å²) >= 11 is 1.91. The number of unbranched alkanes of at least 4 members (excludes halogenated alkanes) is 3. The molecule has 0 saturated carbocycles. The van der Waals surface area contributed by atoms with Crippen molar-refractivity contribution in [3.05, 3.63) is 48.5 Å². The number of carbonyl (C=O) groups is 1. The molecule has 0 radical (unpaired) electrons. The Hall–Kier alpha value is -1.94. The van der Waals surface area contributed by atoms with Gasteiger partial charge in [0.1, 0.15) is 5.75 Å². The maximum Gasteiger partial charge on any atom is 0.344 e. The number of ether oxygens (including phenoxy) is 1. The van der Waals surface area contributed by atoms with E-state index >= 15 is 0 Å². The third-order valence-corrected chi connectivity index (χ3v) is 5.07. The van der Waals surface area contributed by atoms with Crippen LogP contribution in [-0.4, -0.2) is 22.9 Å². The number of hydrogen-bond donors (Lipinski definition) is 1. The number of carboxylic acid groups (broad SMARTS) is 1. The smallest absolute Gasteiger partial charge is 0.344 e. The molecule has 0 aliphatic heterocycles. The molecule has 1 atom stereocenters. The fourth-order valence-electron chi connectivity index (χ4n) is 2.44. The lowest BCUT2D eigenvalue weighted by Crippen LogP contribution is -2.22. The van der Waals surface area contributed by atoms with Crippen LogP contribution in [0.3, 0.4) is 0 Å². The minimum atomic E-state index is -0.966. The molecule has 2 aromatic carbocycles. The number of thioether (sulfide) groups is 1. The van der Waals surface area contributed by atoms with Crippen LogP contribution in [0.5, 0.6) is 5.75 Å². The molecule has 0 aromatic heterocycles. The van der Waals surface area contributed by atoms with E-state index < -0.39 is 12.1 Å². The summed E-state index contributed by atoms with van der Waals surface area (Å²) in [5, 5.41) is 8.88. The van der Waals surface area contributed by atoms with Gasteiger partial charge in [0.15, 0.2) is 6.10 Å². The fourth-order valence-corrected chi connectivity index (χ4v) is 3.36. The fraction of sp³-hybridized carbons (Fsp3) is 0.381. The normalized spacial score (nSPS) is 11.9. The summed E-state index contributed by atoms with van der Waals surface area (Å²) in [5.41, 5.74) is 2.24. The van der Waals surface area contributed by atoms with E-state index in [1.807, 2.05) is 36.0 Å². The van der Waals surface area contributed by atoms with E-state index in [4.69, 9.17) is 9.84 Å². The predicted molar refractivity (Wildman–Crippen MR) is 104 cm³/mol. The Bertz CT molecular complexity index is 650. The Balaban J connectivity index is 1.90.